The number of anilines is 2. The molecule has 0 aromatic carbocycles. The van der Waals surface area contributed by atoms with Crippen LogP contribution in [-0.2, 0) is 0 Å². The third-order valence-electron chi connectivity index (χ3n) is 1.97. The van der Waals surface area contributed by atoms with Gasteiger partial charge in [0, 0.05) is 13.6 Å². The molecule has 1 aromatic heterocycles. The Morgan fingerprint density at radius 3 is 2.75 bits per heavy atom. The molecule has 0 unspecified atom stereocenters. The summed E-state index contributed by atoms with van der Waals surface area (Å²) in [5, 5.41) is 8.85. The van der Waals surface area contributed by atoms with Crippen molar-refractivity contribution in [1.82, 2.24) is 9.97 Å². The summed E-state index contributed by atoms with van der Waals surface area (Å²) in [6, 6.07) is 0. The first kappa shape index (κ1) is 12.5. The van der Waals surface area contributed by atoms with Gasteiger partial charge in [-0.25, -0.2) is 4.98 Å². The summed E-state index contributed by atoms with van der Waals surface area (Å²) in [5.41, 5.74) is 6.29. The Morgan fingerprint density at radius 1 is 1.50 bits per heavy atom. The van der Waals surface area contributed by atoms with Crippen LogP contribution in [0.3, 0.4) is 0 Å². The van der Waals surface area contributed by atoms with Gasteiger partial charge in [-0.05, 0) is 13.8 Å². The molecule has 1 heterocycles. The van der Waals surface area contributed by atoms with Gasteiger partial charge in [0.1, 0.15) is 12.0 Å². The van der Waals surface area contributed by atoms with E-state index in [0.717, 1.165) is 0 Å². The summed E-state index contributed by atoms with van der Waals surface area (Å²) in [6.45, 7) is 4.31. The van der Waals surface area contributed by atoms with Crippen LogP contribution in [0.15, 0.2) is 6.33 Å². The molecule has 0 aliphatic rings. The molecule has 0 saturated heterocycles. The van der Waals surface area contributed by atoms with Gasteiger partial charge in [-0.3, -0.25) is 0 Å². The fraction of sp³-hybridized carbons (Fsp3) is 0.600. The lowest BCUT2D eigenvalue weighted by Crippen LogP contribution is -2.24. The van der Waals surface area contributed by atoms with Gasteiger partial charge in [-0.1, -0.05) is 0 Å². The van der Waals surface area contributed by atoms with E-state index in [4.69, 9.17) is 15.6 Å². The molecule has 90 valence electrons. The monoisotopic (exact) mass is 226 g/mol. The summed E-state index contributed by atoms with van der Waals surface area (Å²) >= 11 is 0. The summed E-state index contributed by atoms with van der Waals surface area (Å²) in [4.78, 5) is 9.79. The van der Waals surface area contributed by atoms with Crippen molar-refractivity contribution < 1.29 is 9.84 Å². The zero-order valence-electron chi connectivity index (χ0n) is 9.84. The number of nitrogens with zero attached hydrogens (tertiary/aromatic N) is 3. The Bertz CT molecular complexity index is 344. The number of nitrogen functional groups attached to an aromatic ring is 1. The van der Waals surface area contributed by atoms with Gasteiger partial charge in [-0.15, -0.1) is 0 Å². The van der Waals surface area contributed by atoms with Crippen LogP contribution in [0, 0.1) is 0 Å². The number of aromatic nitrogens is 2. The molecule has 0 saturated carbocycles. The Balaban J connectivity index is 2.94. The van der Waals surface area contributed by atoms with E-state index < -0.39 is 0 Å². The SMILES string of the molecule is CC(C)Oc1ncnc(N(C)CCO)c1N. The molecule has 0 aliphatic carbocycles. The Hall–Kier alpha value is -1.56. The molecular formula is C10H18N4O2. The molecule has 0 amide bonds. The second kappa shape index (κ2) is 5.50. The van der Waals surface area contributed by atoms with E-state index in [1.54, 1.807) is 11.9 Å². The third-order valence-corrected chi connectivity index (χ3v) is 1.97. The quantitative estimate of drug-likeness (QED) is 0.750. The van der Waals surface area contributed by atoms with E-state index in [2.05, 4.69) is 9.97 Å². The molecule has 0 bridgehead atoms. The van der Waals surface area contributed by atoms with Crippen molar-refractivity contribution in [3.8, 4) is 5.88 Å². The van der Waals surface area contributed by atoms with Crippen LogP contribution in [0.2, 0.25) is 0 Å². The second-order valence-electron chi connectivity index (χ2n) is 3.73. The Morgan fingerprint density at radius 2 is 2.19 bits per heavy atom. The summed E-state index contributed by atoms with van der Waals surface area (Å²) < 4.78 is 5.45. The summed E-state index contributed by atoms with van der Waals surface area (Å²) in [7, 11) is 1.80. The van der Waals surface area contributed by atoms with E-state index in [0.29, 0.717) is 23.9 Å². The van der Waals surface area contributed by atoms with Crippen LogP contribution >= 0.6 is 0 Å². The van der Waals surface area contributed by atoms with Gasteiger partial charge >= 0.3 is 0 Å². The van der Waals surface area contributed by atoms with Crippen LogP contribution in [0.1, 0.15) is 13.8 Å². The number of ether oxygens (including phenoxy) is 1. The standard InChI is InChI=1S/C10H18N4O2/c1-7(2)16-10-8(11)9(12-6-13-10)14(3)4-5-15/h6-7,15H,4-5,11H2,1-3H3. The Kier molecular flexibility index (Phi) is 4.30. The van der Waals surface area contributed by atoms with Crippen LogP contribution in [0.4, 0.5) is 11.5 Å². The van der Waals surface area contributed by atoms with Crippen molar-refractivity contribution in [3.05, 3.63) is 6.33 Å². The highest BCUT2D eigenvalue weighted by molar-refractivity contribution is 5.67. The maximum atomic E-state index is 8.85. The largest absolute Gasteiger partial charge is 0.473 e. The van der Waals surface area contributed by atoms with E-state index in [-0.39, 0.29) is 12.7 Å². The number of hydrogen-bond donors (Lipinski definition) is 2. The van der Waals surface area contributed by atoms with Crippen LogP contribution in [-0.4, -0.2) is 41.4 Å². The number of hydrogen-bond acceptors (Lipinski definition) is 6. The average Bonchev–Trinajstić information content (AvgIpc) is 2.21. The van der Waals surface area contributed by atoms with Crippen LogP contribution in [0.5, 0.6) is 5.88 Å². The molecule has 6 nitrogen and oxygen atoms in total. The van der Waals surface area contributed by atoms with Gasteiger partial charge in [0.15, 0.2) is 5.82 Å². The van der Waals surface area contributed by atoms with Gasteiger partial charge in [0.2, 0.25) is 5.88 Å². The highest BCUT2D eigenvalue weighted by Crippen LogP contribution is 2.27. The number of nitrogens with two attached hydrogens (primary N) is 1. The van der Waals surface area contributed by atoms with Crippen molar-refractivity contribution in [3.63, 3.8) is 0 Å². The minimum Gasteiger partial charge on any atom is -0.473 e. The number of rotatable bonds is 5. The first-order valence-electron chi connectivity index (χ1n) is 5.15. The van der Waals surface area contributed by atoms with Gasteiger partial charge in [-0.2, -0.15) is 4.98 Å². The third kappa shape index (κ3) is 2.96. The predicted molar refractivity (Wildman–Crippen MR) is 62.6 cm³/mol. The first-order chi connectivity index (χ1) is 7.56. The van der Waals surface area contributed by atoms with Gasteiger partial charge in [0.25, 0.3) is 0 Å². The molecule has 1 rings (SSSR count). The predicted octanol–water partition coefficient (Wildman–Crippen LogP) is 0.274. The fourth-order valence-electron chi connectivity index (χ4n) is 1.25. The molecule has 1 aromatic rings. The van der Waals surface area contributed by atoms with E-state index >= 15 is 0 Å². The highest BCUT2D eigenvalue weighted by Gasteiger charge is 2.13. The normalized spacial score (nSPS) is 10.6. The van der Waals surface area contributed by atoms with Crippen molar-refractivity contribution >= 4 is 11.5 Å². The topological polar surface area (TPSA) is 84.5 Å². The fourth-order valence-corrected chi connectivity index (χ4v) is 1.25. The molecule has 6 heteroatoms. The zero-order chi connectivity index (χ0) is 12.1. The van der Waals surface area contributed by atoms with Gasteiger partial charge < -0.3 is 20.5 Å². The minimum atomic E-state index is 0.00759. The lowest BCUT2D eigenvalue weighted by molar-refractivity contribution is 0.234. The van der Waals surface area contributed by atoms with Crippen LogP contribution in [0.25, 0.3) is 0 Å². The summed E-state index contributed by atoms with van der Waals surface area (Å²) in [6.07, 6.45) is 1.41. The first-order valence-corrected chi connectivity index (χ1v) is 5.15. The molecule has 0 fully saturated rings. The van der Waals surface area contributed by atoms with Crippen LogP contribution < -0.4 is 15.4 Å². The molecule has 3 N–H and O–H groups in total. The molecule has 0 radical (unpaired) electrons. The smallest absolute Gasteiger partial charge is 0.242 e. The molecule has 0 spiro atoms. The maximum absolute atomic E-state index is 8.85. The maximum Gasteiger partial charge on any atom is 0.242 e. The van der Waals surface area contributed by atoms with E-state index in [9.17, 15) is 0 Å². The van der Waals surface area contributed by atoms with E-state index in [1.165, 1.54) is 6.33 Å². The molecule has 0 aliphatic heterocycles. The molecule has 16 heavy (non-hydrogen) atoms. The zero-order valence-corrected chi connectivity index (χ0v) is 9.84. The second-order valence-corrected chi connectivity index (χ2v) is 3.73. The molecular weight excluding hydrogens is 208 g/mol. The van der Waals surface area contributed by atoms with Crippen molar-refractivity contribution in [2.45, 2.75) is 20.0 Å². The highest BCUT2D eigenvalue weighted by atomic mass is 16.5. The Labute approximate surface area is 95.1 Å². The summed E-state index contributed by atoms with van der Waals surface area (Å²) in [5.74, 6) is 0.949. The number of likely N-dealkylation sites (N-methyl/N-ethyl adjacent to an activating group) is 1. The number of aliphatic hydroxyl groups excluding tert-OH is 1. The molecule has 0 atom stereocenters. The number of aliphatic hydroxyl groups is 1. The minimum absolute atomic E-state index is 0.00759. The lowest BCUT2D eigenvalue weighted by Gasteiger charge is -2.20. The van der Waals surface area contributed by atoms with Crippen molar-refractivity contribution in [1.29, 1.82) is 0 Å². The lowest BCUT2D eigenvalue weighted by atomic mass is 10.4. The van der Waals surface area contributed by atoms with Crippen molar-refractivity contribution in [2.24, 2.45) is 0 Å². The average molecular weight is 226 g/mol. The van der Waals surface area contributed by atoms with E-state index in [1.807, 2.05) is 13.8 Å². The van der Waals surface area contributed by atoms with Crippen molar-refractivity contribution in [2.75, 3.05) is 30.8 Å². The van der Waals surface area contributed by atoms with Gasteiger partial charge in [0.05, 0.1) is 12.7 Å².